The van der Waals surface area contributed by atoms with E-state index in [1.807, 2.05) is 0 Å². The number of anilines is 1. The molecule has 4 nitrogen and oxygen atoms in total. The fraction of sp³-hybridized carbons (Fsp3) is 0.556. The number of hydrogen-bond donors (Lipinski definition) is 2. The molecule has 0 aromatic carbocycles. The zero-order valence-electron chi connectivity index (χ0n) is 8.32. The van der Waals surface area contributed by atoms with E-state index in [-0.39, 0.29) is 6.61 Å². The number of hydrogen-bond acceptors (Lipinski definition) is 5. The Kier molecular flexibility index (Phi) is 6.03. The molecule has 0 saturated heterocycles. The molecule has 0 spiro atoms. The molecule has 0 unspecified atom stereocenters. The molecular formula is C9H14FN3OS. The SMILES string of the molecule is OCCCSCCNc1ncc(F)cn1. The van der Waals surface area contributed by atoms with Gasteiger partial charge in [0.2, 0.25) is 5.95 Å². The van der Waals surface area contributed by atoms with Crippen LogP contribution in [-0.4, -0.2) is 39.7 Å². The maximum atomic E-state index is 12.4. The van der Waals surface area contributed by atoms with Gasteiger partial charge in [0.15, 0.2) is 5.82 Å². The third kappa shape index (κ3) is 5.54. The minimum absolute atomic E-state index is 0.238. The van der Waals surface area contributed by atoms with Gasteiger partial charge in [0.1, 0.15) is 0 Å². The lowest BCUT2D eigenvalue weighted by Crippen LogP contribution is -2.07. The monoisotopic (exact) mass is 231 g/mol. The van der Waals surface area contributed by atoms with E-state index in [0.29, 0.717) is 5.95 Å². The molecule has 0 aliphatic carbocycles. The Balaban J connectivity index is 2.07. The Morgan fingerprint density at radius 2 is 2.07 bits per heavy atom. The van der Waals surface area contributed by atoms with Crippen LogP contribution in [0.25, 0.3) is 0 Å². The predicted molar refractivity (Wildman–Crippen MR) is 59.5 cm³/mol. The standard InChI is InChI=1S/C9H14FN3OS/c10-8-6-12-9(13-7-8)11-2-5-15-4-1-3-14/h6-7,14H,1-5H2,(H,11,12,13). The van der Waals surface area contributed by atoms with E-state index in [1.54, 1.807) is 11.8 Å². The Morgan fingerprint density at radius 1 is 1.33 bits per heavy atom. The summed E-state index contributed by atoms with van der Waals surface area (Å²) >= 11 is 1.75. The van der Waals surface area contributed by atoms with Gasteiger partial charge >= 0.3 is 0 Å². The molecule has 1 aromatic heterocycles. The summed E-state index contributed by atoms with van der Waals surface area (Å²) in [6.07, 6.45) is 3.08. The van der Waals surface area contributed by atoms with E-state index in [2.05, 4.69) is 15.3 Å². The summed E-state index contributed by atoms with van der Waals surface area (Å²) in [5.74, 6) is 1.88. The molecule has 1 aromatic rings. The Bertz CT molecular complexity index is 271. The fourth-order valence-corrected chi connectivity index (χ4v) is 1.69. The van der Waals surface area contributed by atoms with Crippen LogP contribution in [0.2, 0.25) is 0 Å². The summed E-state index contributed by atoms with van der Waals surface area (Å²) in [6.45, 7) is 0.975. The second-order valence-corrected chi connectivity index (χ2v) is 4.07. The number of aliphatic hydroxyl groups is 1. The lowest BCUT2D eigenvalue weighted by Gasteiger charge is -2.03. The van der Waals surface area contributed by atoms with Crippen LogP contribution in [0.4, 0.5) is 10.3 Å². The minimum Gasteiger partial charge on any atom is -0.396 e. The van der Waals surface area contributed by atoms with Crippen molar-refractivity contribution < 1.29 is 9.50 Å². The van der Waals surface area contributed by atoms with Crippen molar-refractivity contribution in [2.24, 2.45) is 0 Å². The molecule has 0 radical (unpaired) electrons. The number of rotatable bonds is 7. The first kappa shape index (κ1) is 12.2. The Labute approximate surface area is 92.3 Å². The second-order valence-electron chi connectivity index (χ2n) is 2.84. The highest BCUT2D eigenvalue weighted by molar-refractivity contribution is 7.99. The van der Waals surface area contributed by atoms with Gasteiger partial charge in [0.25, 0.3) is 0 Å². The first-order valence-electron chi connectivity index (χ1n) is 4.73. The fourth-order valence-electron chi connectivity index (χ4n) is 0.907. The Hall–Kier alpha value is -0.880. The minimum atomic E-state index is -0.433. The number of nitrogens with zero attached hydrogens (tertiary/aromatic N) is 2. The predicted octanol–water partition coefficient (Wildman–Crippen LogP) is 1.14. The maximum absolute atomic E-state index is 12.4. The molecule has 0 atom stereocenters. The number of aromatic nitrogens is 2. The third-order valence-electron chi connectivity index (χ3n) is 1.60. The highest BCUT2D eigenvalue weighted by Gasteiger charge is 1.95. The molecule has 0 fully saturated rings. The van der Waals surface area contributed by atoms with Crippen molar-refractivity contribution in [1.29, 1.82) is 0 Å². The molecule has 0 amide bonds. The van der Waals surface area contributed by atoms with Gasteiger partial charge in [-0.3, -0.25) is 0 Å². The first-order valence-corrected chi connectivity index (χ1v) is 5.88. The molecular weight excluding hydrogens is 217 g/mol. The molecule has 1 rings (SSSR count). The summed E-state index contributed by atoms with van der Waals surface area (Å²) in [4.78, 5) is 7.53. The molecule has 1 heterocycles. The summed E-state index contributed by atoms with van der Waals surface area (Å²) in [6, 6.07) is 0. The maximum Gasteiger partial charge on any atom is 0.222 e. The van der Waals surface area contributed by atoms with Crippen molar-refractivity contribution in [3.05, 3.63) is 18.2 Å². The zero-order chi connectivity index (χ0) is 10.9. The van der Waals surface area contributed by atoms with Crippen LogP contribution in [0.5, 0.6) is 0 Å². The van der Waals surface area contributed by atoms with Gasteiger partial charge in [-0.1, -0.05) is 0 Å². The molecule has 0 aliphatic rings. The van der Waals surface area contributed by atoms with Crippen LogP contribution < -0.4 is 5.32 Å². The van der Waals surface area contributed by atoms with E-state index >= 15 is 0 Å². The van der Waals surface area contributed by atoms with E-state index < -0.39 is 5.82 Å². The van der Waals surface area contributed by atoms with Crippen molar-refractivity contribution in [1.82, 2.24) is 9.97 Å². The number of nitrogens with one attached hydrogen (secondary N) is 1. The molecule has 15 heavy (non-hydrogen) atoms. The zero-order valence-corrected chi connectivity index (χ0v) is 9.13. The van der Waals surface area contributed by atoms with Gasteiger partial charge in [0, 0.05) is 18.9 Å². The largest absolute Gasteiger partial charge is 0.396 e. The van der Waals surface area contributed by atoms with Crippen LogP contribution in [0.3, 0.4) is 0 Å². The molecule has 2 N–H and O–H groups in total. The second kappa shape index (κ2) is 7.42. The van der Waals surface area contributed by atoms with Crippen LogP contribution in [0.15, 0.2) is 12.4 Å². The topological polar surface area (TPSA) is 58.0 Å². The number of halogens is 1. The van der Waals surface area contributed by atoms with Crippen molar-refractivity contribution in [3.63, 3.8) is 0 Å². The van der Waals surface area contributed by atoms with Crippen LogP contribution in [-0.2, 0) is 0 Å². The van der Waals surface area contributed by atoms with Gasteiger partial charge in [-0.15, -0.1) is 0 Å². The highest BCUT2D eigenvalue weighted by Crippen LogP contribution is 2.02. The summed E-state index contributed by atoms with van der Waals surface area (Å²) < 4.78 is 12.4. The normalized spacial score (nSPS) is 10.3. The summed E-state index contributed by atoms with van der Waals surface area (Å²) in [7, 11) is 0. The van der Waals surface area contributed by atoms with Gasteiger partial charge in [-0.05, 0) is 12.2 Å². The quantitative estimate of drug-likeness (QED) is 0.689. The van der Waals surface area contributed by atoms with Crippen LogP contribution in [0.1, 0.15) is 6.42 Å². The van der Waals surface area contributed by atoms with E-state index in [1.165, 1.54) is 0 Å². The third-order valence-corrected chi connectivity index (χ3v) is 2.67. The van der Waals surface area contributed by atoms with E-state index in [0.717, 1.165) is 36.9 Å². The number of aliphatic hydroxyl groups excluding tert-OH is 1. The van der Waals surface area contributed by atoms with Crippen molar-refractivity contribution in [3.8, 4) is 0 Å². The number of thioether (sulfide) groups is 1. The first-order chi connectivity index (χ1) is 7.33. The van der Waals surface area contributed by atoms with Crippen LogP contribution >= 0.6 is 11.8 Å². The highest BCUT2D eigenvalue weighted by atomic mass is 32.2. The van der Waals surface area contributed by atoms with Gasteiger partial charge < -0.3 is 10.4 Å². The average molecular weight is 231 g/mol. The smallest absolute Gasteiger partial charge is 0.222 e. The average Bonchev–Trinajstić information content (AvgIpc) is 2.26. The Morgan fingerprint density at radius 3 is 2.73 bits per heavy atom. The lowest BCUT2D eigenvalue weighted by atomic mass is 10.5. The molecule has 84 valence electrons. The molecule has 6 heteroatoms. The summed E-state index contributed by atoms with van der Waals surface area (Å²) in [5, 5.41) is 11.5. The molecule has 0 aliphatic heterocycles. The molecule has 0 bridgehead atoms. The van der Waals surface area contributed by atoms with Gasteiger partial charge in [-0.2, -0.15) is 11.8 Å². The van der Waals surface area contributed by atoms with Gasteiger partial charge in [0.05, 0.1) is 12.4 Å². The van der Waals surface area contributed by atoms with Crippen molar-refractivity contribution in [2.75, 3.05) is 30.0 Å². The lowest BCUT2D eigenvalue weighted by molar-refractivity contribution is 0.296. The van der Waals surface area contributed by atoms with Gasteiger partial charge in [-0.25, -0.2) is 14.4 Å². The van der Waals surface area contributed by atoms with Crippen LogP contribution in [0, 0.1) is 5.82 Å². The van der Waals surface area contributed by atoms with E-state index in [9.17, 15) is 4.39 Å². The van der Waals surface area contributed by atoms with Crippen molar-refractivity contribution in [2.45, 2.75) is 6.42 Å². The molecule has 0 saturated carbocycles. The van der Waals surface area contributed by atoms with Crippen molar-refractivity contribution >= 4 is 17.7 Å². The summed E-state index contributed by atoms with van der Waals surface area (Å²) in [5.41, 5.74) is 0. The van der Waals surface area contributed by atoms with E-state index in [4.69, 9.17) is 5.11 Å².